The Hall–Kier alpha value is -2.80. The van der Waals surface area contributed by atoms with Crippen molar-refractivity contribution in [1.29, 1.82) is 0 Å². The summed E-state index contributed by atoms with van der Waals surface area (Å²) < 4.78 is 0. The van der Waals surface area contributed by atoms with Crippen molar-refractivity contribution in [3.8, 4) is 0 Å². The van der Waals surface area contributed by atoms with E-state index in [1.807, 2.05) is 24.3 Å². The zero-order valence-electron chi connectivity index (χ0n) is 12.7. The summed E-state index contributed by atoms with van der Waals surface area (Å²) in [5, 5.41) is 3.40. The van der Waals surface area contributed by atoms with E-state index in [4.69, 9.17) is 0 Å². The maximum atomic E-state index is 3.40. The molecule has 1 nitrogen and oxygen atoms in total. The highest BCUT2D eigenvalue weighted by Crippen LogP contribution is 2.20. The van der Waals surface area contributed by atoms with Crippen molar-refractivity contribution < 1.29 is 0 Å². The second-order valence-electron chi connectivity index (χ2n) is 5.31. The molecule has 3 rings (SSSR count). The maximum Gasteiger partial charge on any atom is 0.0384 e. The predicted molar refractivity (Wildman–Crippen MR) is 96.2 cm³/mol. The number of nitrogens with one attached hydrogen (secondary N) is 1. The van der Waals surface area contributed by atoms with Crippen LogP contribution in [0, 0.1) is 0 Å². The van der Waals surface area contributed by atoms with Gasteiger partial charge in [-0.1, -0.05) is 66.7 Å². The highest BCUT2D eigenvalue weighted by atomic mass is 14.9. The van der Waals surface area contributed by atoms with E-state index in [1.54, 1.807) is 0 Å². The molecular weight excluding hydrogens is 266 g/mol. The van der Waals surface area contributed by atoms with E-state index in [2.05, 4.69) is 79.0 Å². The average molecular weight is 285 g/mol. The third-order valence-electron chi connectivity index (χ3n) is 3.59. The standard InChI is InChI=1S/C21H19N/c1-17(19-8-4-2-5-9-19)16-18-12-14-21(15-13-18)22-20-10-6-3-7-11-20/h2-16,22H,1H3. The van der Waals surface area contributed by atoms with Gasteiger partial charge in [0.05, 0.1) is 0 Å². The van der Waals surface area contributed by atoms with Crippen LogP contribution < -0.4 is 5.32 Å². The van der Waals surface area contributed by atoms with Gasteiger partial charge >= 0.3 is 0 Å². The molecule has 0 spiro atoms. The van der Waals surface area contributed by atoms with Crippen molar-refractivity contribution in [1.82, 2.24) is 0 Å². The molecule has 1 N–H and O–H groups in total. The molecule has 0 fully saturated rings. The third kappa shape index (κ3) is 3.64. The summed E-state index contributed by atoms with van der Waals surface area (Å²) in [6.45, 7) is 2.14. The molecule has 0 aromatic heterocycles. The summed E-state index contributed by atoms with van der Waals surface area (Å²) in [4.78, 5) is 0. The number of hydrogen-bond acceptors (Lipinski definition) is 1. The molecule has 22 heavy (non-hydrogen) atoms. The Bertz CT molecular complexity index is 741. The van der Waals surface area contributed by atoms with Crippen molar-refractivity contribution in [2.45, 2.75) is 6.92 Å². The molecule has 0 amide bonds. The van der Waals surface area contributed by atoms with Crippen molar-refractivity contribution in [2.24, 2.45) is 0 Å². The van der Waals surface area contributed by atoms with E-state index in [-0.39, 0.29) is 0 Å². The van der Waals surface area contributed by atoms with Crippen LogP contribution in [0.1, 0.15) is 18.1 Å². The highest BCUT2D eigenvalue weighted by Gasteiger charge is 1.97. The molecular formula is C21H19N. The zero-order valence-corrected chi connectivity index (χ0v) is 12.7. The zero-order chi connectivity index (χ0) is 15.2. The van der Waals surface area contributed by atoms with Crippen LogP contribution in [0.15, 0.2) is 84.9 Å². The van der Waals surface area contributed by atoms with Crippen LogP contribution in [0.3, 0.4) is 0 Å². The number of anilines is 2. The fourth-order valence-electron chi connectivity index (χ4n) is 2.39. The van der Waals surface area contributed by atoms with E-state index in [0.717, 1.165) is 11.4 Å². The van der Waals surface area contributed by atoms with E-state index in [0.29, 0.717) is 0 Å². The van der Waals surface area contributed by atoms with Gasteiger partial charge in [0, 0.05) is 11.4 Å². The van der Waals surface area contributed by atoms with Crippen LogP contribution in [0.2, 0.25) is 0 Å². The molecule has 108 valence electrons. The molecule has 0 bridgehead atoms. The van der Waals surface area contributed by atoms with E-state index >= 15 is 0 Å². The third-order valence-corrected chi connectivity index (χ3v) is 3.59. The Morgan fingerprint density at radius 2 is 1.23 bits per heavy atom. The monoisotopic (exact) mass is 285 g/mol. The first-order chi connectivity index (χ1) is 10.8. The van der Waals surface area contributed by atoms with Crippen LogP contribution >= 0.6 is 0 Å². The first kappa shape index (κ1) is 14.2. The number of benzene rings is 3. The lowest BCUT2D eigenvalue weighted by molar-refractivity contribution is 1.53. The molecule has 3 aromatic rings. The van der Waals surface area contributed by atoms with Crippen molar-refractivity contribution in [3.63, 3.8) is 0 Å². The lowest BCUT2D eigenvalue weighted by Gasteiger charge is -2.07. The van der Waals surface area contributed by atoms with Gasteiger partial charge in [0.15, 0.2) is 0 Å². The van der Waals surface area contributed by atoms with Crippen LogP contribution in [0.4, 0.5) is 11.4 Å². The maximum absolute atomic E-state index is 3.40. The molecule has 0 saturated carbocycles. The Labute approximate surface area is 132 Å². The summed E-state index contributed by atoms with van der Waals surface area (Å²) in [5.41, 5.74) is 5.94. The van der Waals surface area contributed by atoms with Crippen molar-refractivity contribution in [2.75, 3.05) is 5.32 Å². The van der Waals surface area contributed by atoms with Crippen molar-refractivity contribution >= 4 is 23.0 Å². The van der Waals surface area contributed by atoms with Gasteiger partial charge < -0.3 is 5.32 Å². The van der Waals surface area contributed by atoms with Crippen LogP contribution in [0.25, 0.3) is 11.6 Å². The molecule has 1 heteroatoms. The second kappa shape index (κ2) is 6.77. The van der Waals surface area contributed by atoms with Crippen molar-refractivity contribution in [3.05, 3.63) is 96.1 Å². The molecule has 0 heterocycles. The molecule has 0 radical (unpaired) electrons. The van der Waals surface area contributed by atoms with Gasteiger partial charge in [-0.3, -0.25) is 0 Å². The Balaban J connectivity index is 1.74. The van der Waals surface area contributed by atoms with Gasteiger partial charge in [0.1, 0.15) is 0 Å². The Kier molecular flexibility index (Phi) is 4.35. The SMILES string of the molecule is CC(=Cc1ccc(Nc2ccccc2)cc1)c1ccccc1. The summed E-state index contributed by atoms with van der Waals surface area (Å²) in [7, 11) is 0. The minimum Gasteiger partial charge on any atom is -0.356 e. The minimum absolute atomic E-state index is 1.10. The second-order valence-corrected chi connectivity index (χ2v) is 5.31. The fraction of sp³-hybridized carbons (Fsp3) is 0.0476. The smallest absolute Gasteiger partial charge is 0.0384 e. The van der Waals surface area contributed by atoms with Gasteiger partial charge in [0.25, 0.3) is 0 Å². The minimum atomic E-state index is 1.10. The van der Waals surface area contributed by atoms with Crippen LogP contribution in [-0.2, 0) is 0 Å². The first-order valence-corrected chi connectivity index (χ1v) is 7.47. The van der Waals surface area contributed by atoms with E-state index < -0.39 is 0 Å². The normalized spacial score (nSPS) is 11.2. The first-order valence-electron chi connectivity index (χ1n) is 7.47. The van der Waals surface area contributed by atoms with Gasteiger partial charge in [-0.25, -0.2) is 0 Å². The molecule has 0 atom stereocenters. The fourth-order valence-corrected chi connectivity index (χ4v) is 2.39. The van der Waals surface area contributed by atoms with E-state index in [1.165, 1.54) is 16.7 Å². The molecule has 0 aliphatic carbocycles. The largest absolute Gasteiger partial charge is 0.356 e. The lowest BCUT2D eigenvalue weighted by Crippen LogP contribution is -1.89. The summed E-state index contributed by atoms with van der Waals surface area (Å²) in [6, 6.07) is 29.1. The number of hydrogen-bond donors (Lipinski definition) is 1. The summed E-state index contributed by atoms with van der Waals surface area (Å²) in [5.74, 6) is 0. The van der Waals surface area contributed by atoms with Gasteiger partial charge in [-0.05, 0) is 47.9 Å². The molecule has 3 aromatic carbocycles. The molecule has 0 aliphatic heterocycles. The van der Waals surface area contributed by atoms with Crippen LogP contribution in [-0.4, -0.2) is 0 Å². The Morgan fingerprint density at radius 1 is 0.682 bits per heavy atom. The highest BCUT2D eigenvalue weighted by molar-refractivity contribution is 5.80. The lowest BCUT2D eigenvalue weighted by atomic mass is 10.0. The molecule has 0 unspecified atom stereocenters. The predicted octanol–water partition coefficient (Wildman–Crippen LogP) is 5.99. The van der Waals surface area contributed by atoms with E-state index in [9.17, 15) is 0 Å². The number of rotatable bonds is 4. The summed E-state index contributed by atoms with van der Waals surface area (Å²) in [6.07, 6.45) is 2.21. The number of para-hydroxylation sites is 1. The number of allylic oxidation sites excluding steroid dienone is 1. The Morgan fingerprint density at radius 3 is 1.86 bits per heavy atom. The topological polar surface area (TPSA) is 12.0 Å². The molecule has 0 saturated heterocycles. The van der Waals surface area contributed by atoms with Gasteiger partial charge in [-0.2, -0.15) is 0 Å². The quantitative estimate of drug-likeness (QED) is 0.580. The summed E-state index contributed by atoms with van der Waals surface area (Å²) >= 11 is 0. The van der Waals surface area contributed by atoms with Gasteiger partial charge in [-0.15, -0.1) is 0 Å². The molecule has 0 aliphatic rings. The van der Waals surface area contributed by atoms with Crippen LogP contribution in [0.5, 0.6) is 0 Å². The van der Waals surface area contributed by atoms with Gasteiger partial charge in [0.2, 0.25) is 0 Å². The average Bonchev–Trinajstić information content (AvgIpc) is 2.58.